The Hall–Kier alpha value is 1.27. The summed E-state index contributed by atoms with van der Waals surface area (Å²) >= 11 is 6.40. The van der Waals surface area contributed by atoms with E-state index in [4.69, 9.17) is 0 Å². The molecule has 0 aromatic rings. The fraction of sp³-hybridized carbons (Fsp3) is 1.00. The van der Waals surface area contributed by atoms with Crippen molar-refractivity contribution in [3.05, 3.63) is 0 Å². The zero-order chi connectivity index (χ0) is 9.45. The first kappa shape index (κ1) is 13.3. The normalized spacial score (nSPS) is 12.0. The van der Waals surface area contributed by atoms with Crippen molar-refractivity contribution in [3.63, 3.8) is 0 Å². The quantitative estimate of drug-likeness (QED) is 0.483. The molecule has 0 heterocycles. The van der Waals surface area contributed by atoms with Crippen molar-refractivity contribution >= 4 is 39.2 Å². The molecule has 0 amide bonds. The lowest BCUT2D eigenvalue weighted by atomic mass is 10.3. The van der Waals surface area contributed by atoms with E-state index in [2.05, 4.69) is 59.3 Å². The summed E-state index contributed by atoms with van der Waals surface area (Å²) in [6.45, 7) is 2.28. The lowest BCUT2D eigenvalue weighted by Crippen LogP contribution is -2.20. The standard InChI is InChI=1S/C8H20S3Si/c1-5-6-7-8-12(9-2,10-3)11-4/h5-8H2,1-4H3. The van der Waals surface area contributed by atoms with Gasteiger partial charge in [0.15, 0.2) is 0 Å². The van der Waals surface area contributed by atoms with E-state index >= 15 is 0 Å². The molecular formula is C8H20S3Si. The van der Waals surface area contributed by atoms with Crippen LogP contribution in [0.3, 0.4) is 0 Å². The lowest BCUT2D eigenvalue weighted by Gasteiger charge is -2.24. The van der Waals surface area contributed by atoms with Crippen LogP contribution in [0.4, 0.5) is 0 Å². The van der Waals surface area contributed by atoms with Crippen molar-refractivity contribution < 1.29 is 0 Å². The van der Waals surface area contributed by atoms with Gasteiger partial charge in [-0.3, -0.25) is 0 Å². The van der Waals surface area contributed by atoms with Gasteiger partial charge in [-0.15, -0.1) is 0 Å². The summed E-state index contributed by atoms with van der Waals surface area (Å²) in [5, 5.41) is 0. The summed E-state index contributed by atoms with van der Waals surface area (Å²) in [5.74, 6) is 0. The van der Waals surface area contributed by atoms with E-state index in [9.17, 15) is 0 Å². The number of hydrogen-bond donors (Lipinski definition) is 0. The van der Waals surface area contributed by atoms with Crippen LogP contribution in [0, 0.1) is 0 Å². The maximum absolute atomic E-state index is 2.28. The van der Waals surface area contributed by atoms with Crippen LogP contribution in [0.25, 0.3) is 0 Å². The molecule has 0 aliphatic carbocycles. The SMILES string of the molecule is CCCCC[Si](SC)(SC)SC. The molecule has 0 spiro atoms. The van der Waals surface area contributed by atoms with E-state index in [1.807, 2.05) is 0 Å². The molecule has 4 heteroatoms. The molecule has 0 bridgehead atoms. The Kier molecular flexibility index (Phi) is 8.46. The van der Waals surface area contributed by atoms with Gasteiger partial charge in [-0.1, -0.05) is 26.2 Å². The Morgan fingerprint density at radius 1 is 0.917 bits per heavy atom. The predicted molar refractivity (Wildman–Crippen MR) is 70.6 cm³/mol. The summed E-state index contributed by atoms with van der Waals surface area (Å²) in [6, 6.07) is 1.48. The fourth-order valence-corrected chi connectivity index (χ4v) is 12.1. The van der Waals surface area contributed by atoms with Gasteiger partial charge in [0.1, 0.15) is 0 Å². The number of hydrogen-bond acceptors (Lipinski definition) is 3. The molecule has 0 nitrogen and oxygen atoms in total. The van der Waals surface area contributed by atoms with Crippen molar-refractivity contribution in [2.45, 2.75) is 32.2 Å². The minimum Gasteiger partial charge on any atom is -0.165 e. The third kappa shape index (κ3) is 4.49. The van der Waals surface area contributed by atoms with Gasteiger partial charge in [0.2, 0.25) is 5.52 Å². The van der Waals surface area contributed by atoms with Gasteiger partial charge in [0.05, 0.1) is 0 Å². The van der Waals surface area contributed by atoms with Crippen LogP contribution in [0.1, 0.15) is 26.2 Å². The highest BCUT2D eigenvalue weighted by atomic mass is 32.8. The second-order valence-electron chi connectivity index (χ2n) is 2.75. The van der Waals surface area contributed by atoms with Crippen LogP contribution < -0.4 is 0 Å². The van der Waals surface area contributed by atoms with Crippen molar-refractivity contribution in [2.24, 2.45) is 0 Å². The van der Waals surface area contributed by atoms with E-state index in [1.165, 1.54) is 25.3 Å². The Balaban J connectivity index is 3.76. The Bertz CT molecular complexity index is 96.2. The van der Waals surface area contributed by atoms with E-state index in [-0.39, 0.29) is 0 Å². The maximum Gasteiger partial charge on any atom is 0.236 e. The van der Waals surface area contributed by atoms with Crippen molar-refractivity contribution in [2.75, 3.05) is 18.8 Å². The molecule has 0 rings (SSSR count). The maximum atomic E-state index is 2.28. The van der Waals surface area contributed by atoms with Crippen LogP contribution >= 0.6 is 33.6 Å². The Morgan fingerprint density at radius 2 is 1.42 bits per heavy atom. The number of unbranched alkanes of at least 4 members (excludes halogenated alkanes) is 2. The molecule has 0 aromatic carbocycles. The van der Waals surface area contributed by atoms with Crippen LogP contribution in [0.15, 0.2) is 0 Å². The molecule has 12 heavy (non-hydrogen) atoms. The minimum atomic E-state index is -1.00. The summed E-state index contributed by atoms with van der Waals surface area (Å²) in [7, 11) is 0. The fourth-order valence-electron chi connectivity index (χ4n) is 1.15. The molecule has 0 aromatic heterocycles. The second kappa shape index (κ2) is 7.65. The lowest BCUT2D eigenvalue weighted by molar-refractivity contribution is 0.769. The van der Waals surface area contributed by atoms with Crippen molar-refractivity contribution in [1.82, 2.24) is 0 Å². The summed E-state index contributed by atoms with van der Waals surface area (Å²) in [4.78, 5) is 0. The van der Waals surface area contributed by atoms with E-state index in [1.54, 1.807) is 0 Å². The summed E-state index contributed by atoms with van der Waals surface area (Å²) in [5.41, 5.74) is -1.00. The predicted octanol–water partition coefficient (Wildman–Crippen LogP) is 4.20. The van der Waals surface area contributed by atoms with Gasteiger partial charge in [-0.25, -0.2) is 0 Å². The van der Waals surface area contributed by atoms with Crippen molar-refractivity contribution in [1.29, 1.82) is 0 Å². The topological polar surface area (TPSA) is 0 Å². The van der Waals surface area contributed by atoms with Gasteiger partial charge < -0.3 is 0 Å². The highest BCUT2D eigenvalue weighted by Crippen LogP contribution is 2.42. The molecule has 0 N–H and O–H groups in total. The third-order valence-electron chi connectivity index (χ3n) is 2.02. The van der Waals surface area contributed by atoms with Crippen LogP contribution in [-0.4, -0.2) is 24.3 Å². The average Bonchev–Trinajstić information content (AvgIpc) is 2.14. The van der Waals surface area contributed by atoms with Gasteiger partial charge in [-0.2, -0.15) is 33.6 Å². The Morgan fingerprint density at radius 3 is 1.75 bits per heavy atom. The molecule has 0 saturated heterocycles. The third-order valence-corrected chi connectivity index (χ3v) is 21.3. The van der Waals surface area contributed by atoms with E-state index in [0.717, 1.165) is 0 Å². The second-order valence-corrected chi connectivity index (χ2v) is 18.1. The molecular weight excluding hydrogens is 220 g/mol. The first-order chi connectivity index (χ1) is 5.74. The van der Waals surface area contributed by atoms with Crippen LogP contribution in [0.2, 0.25) is 6.04 Å². The molecule has 74 valence electrons. The molecule has 0 atom stereocenters. The smallest absolute Gasteiger partial charge is 0.165 e. The van der Waals surface area contributed by atoms with Crippen molar-refractivity contribution in [3.8, 4) is 0 Å². The molecule has 0 unspecified atom stereocenters. The molecule has 0 aliphatic heterocycles. The van der Waals surface area contributed by atoms with E-state index < -0.39 is 5.52 Å². The van der Waals surface area contributed by atoms with Gasteiger partial charge in [0, 0.05) is 0 Å². The van der Waals surface area contributed by atoms with Crippen LogP contribution in [0.5, 0.6) is 0 Å². The van der Waals surface area contributed by atoms with Gasteiger partial charge in [-0.05, 0) is 24.8 Å². The number of rotatable bonds is 7. The Labute approximate surface area is 90.0 Å². The highest BCUT2D eigenvalue weighted by molar-refractivity contribution is 8.80. The zero-order valence-electron chi connectivity index (χ0n) is 8.55. The van der Waals surface area contributed by atoms with Gasteiger partial charge >= 0.3 is 0 Å². The summed E-state index contributed by atoms with van der Waals surface area (Å²) < 4.78 is 0. The van der Waals surface area contributed by atoms with E-state index in [0.29, 0.717) is 0 Å². The van der Waals surface area contributed by atoms with Crippen LogP contribution in [-0.2, 0) is 0 Å². The first-order valence-corrected chi connectivity index (χ1v) is 12.5. The molecule has 0 saturated carbocycles. The first-order valence-electron chi connectivity index (χ1n) is 4.40. The monoisotopic (exact) mass is 240 g/mol. The zero-order valence-corrected chi connectivity index (χ0v) is 12.0. The highest BCUT2D eigenvalue weighted by Gasteiger charge is 2.29. The van der Waals surface area contributed by atoms with Gasteiger partial charge in [0.25, 0.3) is 0 Å². The minimum absolute atomic E-state index is 1.00. The molecule has 0 aliphatic rings. The average molecular weight is 241 g/mol. The molecule has 0 fully saturated rings. The largest absolute Gasteiger partial charge is 0.236 e. The molecule has 0 radical (unpaired) electrons. The summed E-state index contributed by atoms with van der Waals surface area (Å²) in [6.07, 6.45) is 11.0.